The summed E-state index contributed by atoms with van der Waals surface area (Å²) in [6, 6.07) is 8.58. The second kappa shape index (κ2) is 3.82. The van der Waals surface area contributed by atoms with E-state index in [1.807, 2.05) is 0 Å². The van der Waals surface area contributed by atoms with Crippen LogP contribution in [0.15, 0.2) is 24.3 Å². The van der Waals surface area contributed by atoms with Gasteiger partial charge < -0.3 is 4.74 Å². The third-order valence-electron chi connectivity index (χ3n) is 2.81. The van der Waals surface area contributed by atoms with Gasteiger partial charge in [-0.25, -0.2) is 0 Å². The molecule has 2 heterocycles. The maximum atomic E-state index is 5.57. The summed E-state index contributed by atoms with van der Waals surface area (Å²) in [6.07, 6.45) is 3.67. The molecule has 2 aliphatic heterocycles. The number of benzene rings is 1. The van der Waals surface area contributed by atoms with Crippen LogP contribution in [0, 0.1) is 0 Å². The van der Waals surface area contributed by atoms with Crippen molar-refractivity contribution in [2.45, 2.75) is 32.1 Å². The lowest BCUT2D eigenvalue weighted by atomic mass is 9.92. The van der Waals surface area contributed by atoms with Crippen LogP contribution in [0.4, 0.5) is 0 Å². The molecule has 1 aromatic rings. The molecule has 0 spiro atoms. The van der Waals surface area contributed by atoms with Crippen molar-refractivity contribution in [3.63, 3.8) is 0 Å². The minimum Gasteiger partial charge on any atom is -0.494 e. The SMILES string of the molecule is CCC1CCCOc2ccc1cc2. The molecular formula is C12H16O. The number of rotatable bonds is 1. The lowest BCUT2D eigenvalue weighted by Gasteiger charge is -2.12. The molecule has 0 saturated heterocycles. The fourth-order valence-electron chi connectivity index (χ4n) is 1.96. The van der Waals surface area contributed by atoms with Gasteiger partial charge >= 0.3 is 0 Å². The summed E-state index contributed by atoms with van der Waals surface area (Å²) < 4.78 is 5.57. The van der Waals surface area contributed by atoms with Crippen LogP contribution >= 0.6 is 0 Å². The average molecular weight is 176 g/mol. The third kappa shape index (κ3) is 1.85. The van der Waals surface area contributed by atoms with Gasteiger partial charge in [0.05, 0.1) is 6.61 Å². The fourth-order valence-corrected chi connectivity index (χ4v) is 1.96. The van der Waals surface area contributed by atoms with Crippen LogP contribution in [0.5, 0.6) is 5.75 Å². The molecule has 1 unspecified atom stereocenters. The summed E-state index contributed by atoms with van der Waals surface area (Å²) in [5, 5.41) is 0. The van der Waals surface area contributed by atoms with Crippen LogP contribution in [0.1, 0.15) is 37.7 Å². The highest BCUT2D eigenvalue weighted by Gasteiger charge is 2.11. The number of ether oxygens (including phenoxy) is 1. The number of fused-ring (bicyclic) bond motifs is 6. The van der Waals surface area contributed by atoms with Crippen molar-refractivity contribution in [1.82, 2.24) is 0 Å². The van der Waals surface area contributed by atoms with Crippen molar-refractivity contribution >= 4 is 0 Å². The molecule has 1 heteroatoms. The van der Waals surface area contributed by atoms with Crippen molar-refractivity contribution in [2.24, 2.45) is 0 Å². The first-order valence-corrected chi connectivity index (χ1v) is 5.13. The first-order chi connectivity index (χ1) is 6.40. The predicted octanol–water partition coefficient (Wildman–Crippen LogP) is 3.35. The van der Waals surface area contributed by atoms with Gasteiger partial charge in [0.25, 0.3) is 0 Å². The molecule has 3 rings (SSSR count). The minimum absolute atomic E-state index is 0.732. The molecule has 0 fully saturated rings. The van der Waals surface area contributed by atoms with Crippen LogP contribution < -0.4 is 4.74 Å². The molecule has 2 bridgehead atoms. The van der Waals surface area contributed by atoms with Crippen LogP contribution in [-0.4, -0.2) is 6.61 Å². The van der Waals surface area contributed by atoms with Gasteiger partial charge in [0.2, 0.25) is 0 Å². The van der Waals surface area contributed by atoms with Crippen LogP contribution in [-0.2, 0) is 0 Å². The van der Waals surface area contributed by atoms with Gasteiger partial charge in [0.15, 0.2) is 0 Å². The molecule has 2 aliphatic rings. The van der Waals surface area contributed by atoms with Crippen molar-refractivity contribution in [2.75, 3.05) is 6.61 Å². The van der Waals surface area contributed by atoms with Gasteiger partial charge in [-0.05, 0) is 42.9 Å². The maximum Gasteiger partial charge on any atom is 0.119 e. The second-order valence-electron chi connectivity index (χ2n) is 3.66. The highest BCUT2D eigenvalue weighted by atomic mass is 16.5. The molecule has 70 valence electrons. The van der Waals surface area contributed by atoms with Gasteiger partial charge in [0, 0.05) is 0 Å². The molecule has 0 aromatic heterocycles. The van der Waals surface area contributed by atoms with E-state index in [0.717, 1.165) is 18.3 Å². The van der Waals surface area contributed by atoms with Crippen LogP contribution in [0.2, 0.25) is 0 Å². The summed E-state index contributed by atoms with van der Waals surface area (Å²) in [5.41, 5.74) is 1.47. The Morgan fingerprint density at radius 2 is 2.08 bits per heavy atom. The van der Waals surface area contributed by atoms with Crippen molar-refractivity contribution < 1.29 is 4.74 Å². The first-order valence-electron chi connectivity index (χ1n) is 5.13. The monoisotopic (exact) mass is 176 g/mol. The topological polar surface area (TPSA) is 9.23 Å². The summed E-state index contributed by atoms with van der Waals surface area (Å²) >= 11 is 0. The molecule has 0 saturated carbocycles. The Balaban J connectivity index is 2.28. The summed E-state index contributed by atoms with van der Waals surface area (Å²) in [6.45, 7) is 3.13. The van der Waals surface area contributed by atoms with E-state index in [9.17, 15) is 0 Å². The van der Waals surface area contributed by atoms with Crippen molar-refractivity contribution in [3.8, 4) is 5.75 Å². The Morgan fingerprint density at radius 1 is 1.31 bits per heavy atom. The van der Waals surface area contributed by atoms with Gasteiger partial charge in [-0.1, -0.05) is 19.1 Å². The quantitative estimate of drug-likeness (QED) is 0.637. The molecule has 13 heavy (non-hydrogen) atoms. The average Bonchev–Trinajstić information content (AvgIpc) is 2.33. The van der Waals surface area contributed by atoms with E-state index in [-0.39, 0.29) is 0 Å². The highest BCUT2D eigenvalue weighted by molar-refractivity contribution is 5.29. The predicted molar refractivity (Wildman–Crippen MR) is 54.2 cm³/mol. The Labute approximate surface area is 79.7 Å². The summed E-state index contributed by atoms with van der Waals surface area (Å²) in [7, 11) is 0. The molecule has 1 atom stereocenters. The second-order valence-corrected chi connectivity index (χ2v) is 3.66. The van der Waals surface area contributed by atoms with Gasteiger partial charge in [-0.15, -0.1) is 0 Å². The fraction of sp³-hybridized carbons (Fsp3) is 0.500. The molecule has 1 nitrogen and oxygen atoms in total. The van der Waals surface area contributed by atoms with Crippen molar-refractivity contribution in [1.29, 1.82) is 0 Å². The largest absolute Gasteiger partial charge is 0.494 e. The first kappa shape index (κ1) is 8.61. The molecule has 1 aromatic carbocycles. The Bertz CT molecular complexity index is 263. The van der Waals surface area contributed by atoms with Crippen LogP contribution in [0.3, 0.4) is 0 Å². The van der Waals surface area contributed by atoms with Crippen molar-refractivity contribution in [3.05, 3.63) is 29.8 Å². The molecule has 0 radical (unpaired) electrons. The summed E-state index contributed by atoms with van der Waals surface area (Å²) in [5.74, 6) is 1.75. The molecule has 0 N–H and O–H groups in total. The van der Waals surface area contributed by atoms with Gasteiger partial charge in [-0.3, -0.25) is 0 Å². The highest BCUT2D eigenvalue weighted by Crippen LogP contribution is 2.28. The van der Waals surface area contributed by atoms with E-state index in [4.69, 9.17) is 4.74 Å². The Morgan fingerprint density at radius 3 is 2.77 bits per heavy atom. The lowest BCUT2D eigenvalue weighted by Crippen LogP contribution is -1.99. The summed E-state index contributed by atoms with van der Waals surface area (Å²) in [4.78, 5) is 0. The van der Waals surface area contributed by atoms with Crippen LogP contribution in [0.25, 0.3) is 0 Å². The van der Waals surface area contributed by atoms with E-state index >= 15 is 0 Å². The molecule has 0 aliphatic carbocycles. The Kier molecular flexibility index (Phi) is 2.53. The zero-order valence-corrected chi connectivity index (χ0v) is 8.12. The number of hydrogen-bond donors (Lipinski definition) is 0. The van der Waals surface area contributed by atoms with Gasteiger partial charge in [-0.2, -0.15) is 0 Å². The Hall–Kier alpha value is -0.980. The standard InChI is InChI=1S/C12H16O/c1-2-10-4-3-9-13-12-7-5-11(10)6-8-12/h5-8,10H,2-4,9H2,1H3. The lowest BCUT2D eigenvalue weighted by molar-refractivity contribution is 0.304. The normalized spacial score (nSPS) is 21.5. The van der Waals surface area contributed by atoms with E-state index in [1.54, 1.807) is 0 Å². The molecule has 0 amide bonds. The van der Waals surface area contributed by atoms with E-state index in [1.165, 1.54) is 24.8 Å². The number of hydrogen-bond acceptors (Lipinski definition) is 1. The minimum atomic E-state index is 0.732. The van der Waals surface area contributed by atoms with E-state index in [2.05, 4.69) is 31.2 Å². The van der Waals surface area contributed by atoms with E-state index in [0.29, 0.717) is 0 Å². The van der Waals surface area contributed by atoms with E-state index < -0.39 is 0 Å². The smallest absolute Gasteiger partial charge is 0.119 e. The van der Waals surface area contributed by atoms with Gasteiger partial charge in [0.1, 0.15) is 5.75 Å². The zero-order valence-electron chi connectivity index (χ0n) is 8.12. The maximum absolute atomic E-state index is 5.57. The third-order valence-corrected chi connectivity index (χ3v) is 2.81. The molecular weight excluding hydrogens is 160 g/mol. The zero-order chi connectivity index (χ0) is 9.10.